The van der Waals surface area contributed by atoms with Crippen molar-refractivity contribution < 1.29 is 37.8 Å². The molecule has 0 saturated carbocycles. The number of rotatable bonds is 7. The molecule has 1 rings (SSSR count). The average molecular weight is 427 g/mol. The first-order valence-corrected chi connectivity index (χ1v) is 9.33. The number of ether oxygens (including phenoxy) is 3. The molecule has 168 valence electrons. The monoisotopic (exact) mass is 427 g/mol. The van der Waals surface area contributed by atoms with E-state index in [2.05, 4.69) is 20.4 Å². The number of urea groups is 1. The quantitative estimate of drug-likeness (QED) is 0.495. The predicted molar refractivity (Wildman–Crippen MR) is 104 cm³/mol. The fourth-order valence-electron chi connectivity index (χ4n) is 2.33. The second-order valence-corrected chi connectivity index (χ2v) is 7.71. The molecule has 1 aromatic rings. The first-order chi connectivity index (χ1) is 13.9. The van der Waals surface area contributed by atoms with Crippen molar-refractivity contribution in [3.63, 3.8) is 0 Å². The van der Waals surface area contributed by atoms with E-state index in [9.17, 15) is 19.2 Å². The standard InChI is InChI=1S/C19H29N3O8/c1-10(2)13(21-17(25)22-18(26)30-19(3,4)5)15-20-14(16(24)28-7)11(29-15)8-9-12(23)27-6/h10,13H,8-9H2,1-7H3,(H2,21,22,25,26). The summed E-state index contributed by atoms with van der Waals surface area (Å²) < 4.78 is 20.0. The summed E-state index contributed by atoms with van der Waals surface area (Å²) in [5, 5.41) is 4.63. The number of aromatic nitrogens is 1. The number of nitrogens with one attached hydrogen (secondary N) is 2. The minimum Gasteiger partial charge on any atom is -0.469 e. The Hall–Kier alpha value is -3.11. The molecule has 0 spiro atoms. The number of imide groups is 1. The Morgan fingerprint density at radius 3 is 2.23 bits per heavy atom. The van der Waals surface area contributed by atoms with Crippen molar-refractivity contribution >= 4 is 24.1 Å². The van der Waals surface area contributed by atoms with Gasteiger partial charge in [-0.15, -0.1) is 0 Å². The van der Waals surface area contributed by atoms with Gasteiger partial charge in [0.2, 0.25) is 5.89 Å². The van der Waals surface area contributed by atoms with E-state index in [-0.39, 0.29) is 36.1 Å². The number of amides is 3. The van der Waals surface area contributed by atoms with Crippen molar-refractivity contribution in [2.75, 3.05) is 14.2 Å². The lowest BCUT2D eigenvalue weighted by Gasteiger charge is -2.21. The van der Waals surface area contributed by atoms with Crippen LogP contribution in [-0.2, 0) is 25.4 Å². The van der Waals surface area contributed by atoms with E-state index in [1.165, 1.54) is 14.2 Å². The molecule has 3 amide bonds. The number of oxazole rings is 1. The van der Waals surface area contributed by atoms with E-state index >= 15 is 0 Å². The molecule has 0 aliphatic carbocycles. The van der Waals surface area contributed by atoms with Gasteiger partial charge in [-0.05, 0) is 26.7 Å². The van der Waals surface area contributed by atoms with Crippen LogP contribution < -0.4 is 10.6 Å². The second kappa shape index (κ2) is 10.6. The minimum absolute atomic E-state index is 0.0320. The third-order valence-corrected chi connectivity index (χ3v) is 3.71. The Labute approximate surface area is 174 Å². The lowest BCUT2D eigenvalue weighted by atomic mass is 10.0. The van der Waals surface area contributed by atoms with E-state index in [1.54, 1.807) is 34.6 Å². The van der Waals surface area contributed by atoms with Gasteiger partial charge in [-0.3, -0.25) is 4.79 Å². The molecule has 0 aromatic carbocycles. The topological polar surface area (TPSA) is 146 Å². The lowest BCUT2D eigenvalue weighted by Crippen LogP contribution is -2.44. The van der Waals surface area contributed by atoms with Crippen LogP contribution in [0, 0.1) is 5.92 Å². The van der Waals surface area contributed by atoms with Crippen LogP contribution in [0.5, 0.6) is 0 Å². The molecule has 0 aliphatic rings. The first kappa shape index (κ1) is 24.9. The number of hydrogen-bond acceptors (Lipinski definition) is 9. The summed E-state index contributed by atoms with van der Waals surface area (Å²) >= 11 is 0. The maximum absolute atomic E-state index is 12.2. The predicted octanol–water partition coefficient (Wildman–Crippen LogP) is 2.50. The highest BCUT2D eigenvalue weighted by Crippen LogP contribution is 2.25. The molecule has 0 bridgehead atoms. The Balaban J connectivity index is 3.03. The highest BCUT2D eigenvalue weighted by molar-refractivity contribution is 5.91. The third-order valence-electron chi connectivity index (χ3n) is 3.71. The molecule has 2 N–H and O–H groups in total. The summed E-state index contributed by atoms with van der Waals surface area (Å²) in [4.78, 5) is 51.6. The number of carbonyl (C=O) groups excluding carboxylic acids is 4. The van der Waals surface area contributed by atoms with Crippen molar-refractivity contribution in [3.05, 3.63) is 17.3 Å². The number of hydrogen-bond donors (Lipinski definition) is 2. The molecule has 11 heteroatoms. The summed E-state index contributed by atoms with van der Waals surface area (Å²) in [6.45, 7) is 8.57. The van der Waals surface area contributed by atoms with Gasteiger partial charge in [-0.25, -0.2) is 24.7 Å². The highest BCUT2D eigenvalue weighted by Gasteiger charge is 2.29. The third kappa shape index (κ3) is 7.72. The van der Waals surface area contributed by atoms with Gasteiger partial charge >= 0.3 is 24.1 Å². The van der Waals surface area contributed by atoms with Crippen molar-refractivity contribution in [1.29, 1.82) is 0 Å². The Bertz CT molecular complexity index is 779. The maximum atomic E-state index is 12.2. The van der Waals surface area contributed by atoms with Crippen LogP contribution in [0.1, 0.15) is 69.2 Å². The fourth-order valence-corrected chi connectivity index (χ4v) is 2.33. The SMILES string of the molecule is COC(=O)CCc1oc(C(NC(=O)NC(=O)OC(C)(C)C)C(C)C)nc1C(=O)OC. The van der Waals surface area contributed by atoms with Gasteiger partial charge in [0.15, 0.2) is 5.69 Å². The lowest BCUT2D eigenvalue weighted by molar-refractivity contribution is -0.140. The summed E-state index contributed by atoms with van der Waals surface area (Å²) in [6.07, 6.45) is -0.892. The van der Waals surface area contributed by atoms with Gasteiger partial charge < -0.3 is 23.9 Å². The van der Waals surface area contributed by atoms with Gasteiger partial charge in [-0.2, -0.15) is 0 Å². The van der Waals surface area contributed by atoms with Crippen molar-refractivity contribution in [1.82, 2.24) is 15.6 Å². The molecule has 1 atom stereocenters. The number of nitrogens with zero attached hydrogens (tertiary/aromatic N) is 1. The molecule has 1 unspecified atom stereocenters. The zero-order valence-corrected chi connectivity index (χ0v) is 18.3. The van der Waals surface area contributed by atoms with E-state index in [0.29, 0.717) is 0 Å². The Kier molecular flexibility index (Phi) is 8.81. The zero-order valence-electron chi connectivity index (χ0n) is 18.3. The smallest absolute Gasteiger partial charge is 0.415 e. The van der Waals surface area contributed by atoms with Crippen molar-refractivity contribution in [3.8, 4) is 0 Å². The average Bonchev–Trinajstić information content (AvgIpc) is 3.05. The second-order valence-electron chi connectivity index (χ2n) is 7.71. The Morgan fingerprint density at radius 2 is 1.73 bits per heavy atom. The maximum Gasteiger partial charge on any atom is 0.415 e. The van der Waals surface area contributed by atoms with Crippen molar-refractivity contribution in [2.24, 2.45) is 5.92 Å². The molecule has 1 aromatic heterocycles. The van der Waals surface area contributed by atoms with Crippen LogP contribution in [0.15, 0.2) is 4.42 Å². The van der Waals surface area contributed by atoms with Gasteiger partial charge in [0.25, 0.3) is 0 Å². The van der Waals surface area contributed by atoms with Crippen LogP contribution >= 0.6 is 0 Å². The van der Waals surface area contributed by atoms with Gasteiger partial charge in [-0.1, -0.05) is 13.8 Å². The summed E-state index contributed by atoms with van der Waals surface area (Å²) in [5.74, 6) is -1.29. The van der Waals surface area contributed by atoms with Crippen LogP contribution in [0.25, 0.3) is 0 Å². The number of methoxy groups -OCH3 is 2. The molecule has 0 saturated heterocycles. The van der Waals surface area contributed by atoms with Gasteiger partial charge in [0.1, 0.15) is 17.4 Å². The molecule has 1 heterocycles. The van der Waals surface area contributed by atoms with Crippen LogP contribution in [0.4, 0.5) is 9.59 Å². The molecule has 30 heavy (non-hydrogen) atoms. The molecule has 0 aliphatic heterocycles. The Morgan fingerprint density at radius 1 is 1.10 bits per heavy atom. The summed E-state index contributed by atoms with van der Waals surface area (Å²) in [6, 6.07) is -1.60. The summed E-state index contributed by atoms with van der Waals surface area (Å²) in [5.41, 5.74) is -0.870. The molecule has 0 fully saturated rings. The normalized spacial score (nSPS) is 12.1. The van der Waals surface area contributed by atoms with Crippen LogP contribution in [0.3, 0.4) is 0 Å². The van der Waals surface area contributed by atoms with E-state index in [4.69, 9.17) is 13.9 Å². The van der Waals surface area contributed by atoms with Gasteiger partial charge in [0.05, 0.1) is 20.6 Å². The molecular formula is C19H29N3O8. The number of aryl methyl sites for hydroxylation is 1. The van der Waals surface area contributed by atoms with Gasteiger partial charge in [0, 0.05) is 6.42 Å². The molecule has 0 radical (unpaired) electrons. The van der Waals surface area contributed by atoms with Crippen LogP contribution in [0.2, 0.25) is 0 Å². The minimum atomic E-state index is -0.913. The van der Waals surface area contributed by atoms with E-state index < -0.39 is 35.7 Å². The summed E-state index contributed by atoms with van der Waals surface area (Å²) in [7, 11) is 2.44. The largest absolute Gasteiger partial charge is 0.469 e. The molecule has 11 nitrogen and oxygen atoms in total. The van der Waals surface area contributed by atoms with E-state index in [0.717, 1.165) is 0 Å². The number of carbonyl (C=O) groups is 4. The number of esters is 2. The molecular weight excluding hydrogens is 398 g/mol. The highest BCUT2D eigenvalue weighted by atomic mass is 16.6. The van der Waals surface area contributed by atoms with Crippen LogP contribution in [-0.4, -0.2) is 48.9 Å². The fraction of sp³-hybridized carbons (Fsp3) is 0.632. The van der Waals surface area contributed by atoms with E-state index in [1.807, 2.05) is 0 Å². The first-order valence-electron chi connectivity index (χ1n) is 9.33. The van der Waals surface area contributed by atoms with Crippen molar-refractivity contribution in [2.45, 2.75) is 59.1 Å². The zero-order chi connectivity index (χ0) is 23.1. The number of alkyl carbamates (subject to hydrolysis) is 1.